The van der Waals surface area contributed by atoms with Crippen LogP contribution in [0.25, 0.3) is 10.9 Å². The van der Waals surface area contributed by atoms with Crippen LogP contribution in [0.4, 0.5) is 4.79 Å². The van der Waals surface area contributed by atoms with Gasteiger partial charge in [0.05, 0.1) is 16.8 Å². The number of rotatable bonds is 2. The standard InChI is InChI=1S/C16H14N4O3/c1-19-7-12-13(8-19)17-9-18-15(12)23-11-2-3-14-10(6-11)4-5-20(14)16(21)22/h2-6,9H,7-8H2,1H3,(H,21,22). The molecule has 1 N–H and O–H groups in total. The van der Waals surface area contributed by atoms with Crippen LogP contribution >= 0.6 is 0 Å². The highest BCUT2D eigenvalue weighted by Gasteiger charge is 2.22. The Kier molecular flexibility index (Phi) is 3.02. The lowest BCUT2D eigenvalue weighted by Crippen LogP contribution is -2.07. The Morgan fingerprint density at radius 1 is 1.26 bits per heavy atom. The quantitative estimate of drug-likeness (QED) is 0.784. The maximum absolute atomic E-state index is 11.1. The van der Waals surface area contributed by atoms with Gasteiger partial charge in [-0.1, -0.05) is 0 Å². The first-order valence-electron chi connectivity index (χ1n) is 7.15. The van der Waals surface area contributed by atoms with E-state index in [2.05, 4.69) is 14.9 Å². The molecule has 0 bridgehead atoms. The molecule has 1 aliphatic heterocycles. The Morgan fingerprint density at radius 3 is 2.96 bits per heavy atom. The van der Waals surface area contributed by atoms with Crippen molar-refractivity contribution in [2.24, 2.45) is 0 Å². The van der Waals surface area contributed by atoms with Gasteiger partial charge in [-0.2, -0.15) is 0 Å². The van der Waals surface area contributed by atoms with Crippen molar-refractivity contribution in [3.05, 3.63) is 48.0 Å². The molecule has 0 atom stereocenters. The molecule has 7 heteroatoms. The minimum absolute atomic E-state index is 0.552. The second-order valence-electron chi connectivity index (χ2n) is 5.57. The van der Waals surface area contributed by atoms with Crippen molar-refractivity contribution >= 4 is 17.0 Å². The Hall–Kier alpha value is -2.93. The molecule has 0 saturated carbocycles. The molecule has 1 aliphatic rings. The number of hydrogen-bond donors (Lipinski definition) is 1. The van der Waals surface area contributed by atoms with E-state index in [4.69, 9.17) is 9.84 Å². The van der Waals surface area contributed by atoms with Gasteiger partial charge in [0.15, 0.2) is 0 Å². The van der Waals surface area contributed by atoms with E-state index >= 15 is 0 Å². The van der Waals surface area contributed by atoms with Crippen molar-refractivity contribution in [3.8, 4) is 11.6 Å². The fourth-order valence-corrected chi connectivity index (χ4v) is 2.86. The fraction of sp³-hybridized carbons (Fsp3) is 0.188. The molecule has 0 amide bonds. The second kappa shape index (κ2) is 5.06. The highest BCUT2D eigenvalue weighted by atomic mass is 16.5. The summed E-state index contributed by atoms with van der Waals surface area (Å²) in [4.78, 5) is 21.8. The van der Waals surface area contributed by atoms with Gasteiger partial charge in [0.1, 0.15) is 12.1 Å². The third-order valence-electron chi connectivity index (χ3n) is 3.93. The second-order valence-corrected chi connectivity index (χ2v) is 5.57. The third kappa shape index (κ3) is 2.31. The first-order valence-corrected chi connectivity index (χ1v) is 7.15. The van der Waals surface area contributed by atoms with Gasteiger partial charge in [0, 0.05) is 24.7 Å². The summed E-state index contributed by atoms with van der Waals surface area (Å²) < 4.78 is 7.09. The summed E-state index contributed by atoms with van der Waals surface area (Å²) in [5, 5.41) is 9.92. The molecule has 0 fully saturated rings. The minimum atomic E-state index is -1.01. The van der Waals surface area contributed by atoms with Gasteiger partial charge in [-0.25, -0.2) is 14.8 Å². The summed E-state index contributed by atoms with van der Waals surface area (Å²) in [6.45, 7) is 1.54. The predicted molar refractivity (Wildman–Crippen MR) is 82.6 cm³/mol. The van der Waals surface area contributed by atoms with Crippen molar-refractivity contribution in [2.75, 3.05) is 7.05 Å². The summed E-state index contributed by atoms with van der Waals surface area (Å²) in [5.41, 5.74) is 2.60. The molecule has 4 rings (SSSR count). The van der Waals surface area contributed by atoms with Crippen LogP contribution in [0.3, 0.4) is 0 Å². The molecule has 0 radical (unpaired) electrons. The molecule has 7 nitrogen and oxygen atoms in total. The number of hydrogen-bond acceptors (Lipinski definition) is 5. The highest BCUT2D eigenvalue weighted by molar-refractivity contribution is 5.89. The topological polar surface area (TPSA) is 80.5 Å². The monoisotopic (exact) mass is 310 g/mol. The van der Waals surface area contributed by atoms with E-state index in [1.165, 1.54) is 17.1 Å². The average molecular weight is 310 g/mol. The smallest absolute Gasteiger partial charge is 0.415 e. The summed E-state index contributed by atoms with van der Waals surface area (Å²) in [6.07, 6.45) is 2.02. The summed E-state index contributed by atoms with van der Waals surface area (Å²) in [5.74, 6) is 1.17. The van der Waals surface area contributed by atoms with E-state index in [1.54, 1.807) is 18.2 Å². The molecule has 0 unspecified atom stereocenters. The van der Waals surface area contributed by atoms with E-state index in [-0.39, 0.29) is 0 Å². The minimum Gasteiger partial charge on any atom is -0.464 e. The summed E-state index contributed by atoms with van der Waals surface area (Å²) in [6, 6.07) is 7.03. The number of carboxylic acid groups (broad SMARTS) is 1. The van der Waals surface area contributed by atoms with Crippen LogP contribution in [0.2, 0.25) is 0 Å². The van der Waals surface area contributed by atoms with E-state index in [9.17, 15) is 4.79 Å². The zero-order valence-corrected chi connectivity index (χ0v) is 12.4. The normalized spacial score (nSPS) is 14.1. The van der Waals surface area contributed by atoms with Crippen LogP contribution in [0.5, 0.6) is 11.6 Å². The van der Waals surface area contributed by atoms with Crippen LogP contribution in [0.15, 0.2) is 36.8 Å². The zero-order chi connectivity index (χ0) is 16.0. The Bertz CT molecular complexity index is 919. The predicted octanol–water partition coefficient (Wildman–Crippen LogP) is 2.70. The van der Waals surface area contributed by atoms with Gasteiger partial charge < -0.3 is 9.84 Å². The third-order valence-corrected chi connectivity index (χ3v) is 3.93. The lowest BCUT2D eigenvalue weighted by atomic mass is 10.2. The largest absolute Gasteiger partial charge is 0.464 e. The van der Waals surface area contributed by atoms with Crippen LogP contribution in [0, 0.1) is 0 Å². The molecule has 0 saturated heterocycles. The molecule has 0 spiro atoms. The molecule has 2 aromatic heterocycles. The van der Waals surface area contributed by atoms with E-state index in [1.807, 2.05) is 13.1 Å². The van der Waals surface area contributed by atoms with Gasteiger partial charge in [0.25, 0.3) is 0 Å². The zero-order valence-electron chi connectivity index (χ0n) is 12.4. The number of ether oxygens (including phenoxy) is 1. The van der Waals surface area contributed by atoms with Gasteiger partial charge in [-0.3, -0.25) is 9.47 Å². The highest BCUT2D eigenvalue weighted by Crippen LogP contribution is 2.31. The van der Waals surface area contributed by atoms with Crippen molar-refractivity contribution in [2.45, 2.75) is 13.1 Å². The van der Waals surface area contributed by atoms with Gasteiger partial charge >= 0.3 is 6.09 Å². The SMILES string of the molecule is CN1Cc2ncnc(Oc3ccc4c(ccn4C(=O)O)c3)c2C1. The maximum atomic E-state index is 11.1. The summed E-state index contributed by atoms with van der Waals surface area (Å²) >= 11 is 0. The molecule has 0 aliphatic carbocycles. The number of aromatic nitrogens is 3. The maximum Gasteiger partial charge on any atom is 0.415 e. The lowest BCUT2D eigenvalue weighted by molar-refractivity contribution is 0.197. The first kappa shape index (κ1) is 13.7. The van der Waals surface area contributed by atoms with Crippen molar-refractivity contribution in [1.29, 1.82) is 0 Å². The molecule has 3 aromatic rings. The van der Waals surface area contributed by atoms with Crippen LogP contribution in [-0.2, 0) is 13.1 Å². The van der Waals surface area contributed by atoms with E-state index < -0.39 is 6.09 Å². The Labute approximate surface area is 131 Å². The van der Waals surface area contributed by atoms with Gasteiger partial charge in [-0.05, 0) is 31.3 Å². The number of nitrogens with zero attached hydrogens (tertiary/aromatic N) is 4. The average Bonchev–Trinajstić information content (AvgIpc) is 3.10. The van der Waals surface area contributed by atoms with Gasteiger partial charge in [-0.15, -0.1) is 0 Å². The lowest BCUT2D eigenvalue weighted by Gasteiger charge is -2.09. The van der Waals surface area contributed by atoms with Crippen molar-refractivity contribution in [1.82, 2.24) is 19.4 Å². The fourth-order valence-electron chi connectivity index (χ4n) is 2.86. The van der Waals surface area contributed by atoms with Crippen molar-refractivity contribution in [3.63, 3.8) is 0 Å². The molecule has 116 valence electrons. The molecule has 23 heavy (non-hydrogen) atoms. The first-order chi connectivity index (χ1) is 11.1. The summed E-state index contributed by atoms with van der Waals surface area (Å²) in [7, 11) is 2.02. The number of benzene rings is 1. The molecular weight excluding hydrogens is 296 g/mol. The van der Waals surface area contributed by atoms with Crippen molar-refractivity contribution < 1.29 is 14.6 Å². The Morgan fingerprint density at radius 2 is 2.13 bits per heavy atom. The number of fused-ring (bicyclic) bond motifs is 2. The van der Waals surface area contributed by atoms with Crippen LogP contribution in [0.1, 0.15) is 11.3 Å². The van der Waals surface area contributed by atoms with Crippen LogP contribution in [-0.4, -0.2) is 37.7 Å². The van der Waals surface area contributed by atoms with Crippen LogP contribution < -0.4 is 4.74 Å². The Balaban J connectivity index is 1.69. The molecular formula is C16H14N4O3. The van der Waals surface area contributed by atoms with E-state index in [0.717, 1.165) is 29.7 Å². The molecule has 3 heterocycles. The molecule has 1 aromatic carbocycles. The number of carbonyl (C=O) groups is 1. The van der Waals surface area contributed by atoms with E-state index in [0.29, 0.717) is 17.1 Å². The van der Waals surface area contributed by atoms with Gasteiger partial charge in [0.2, 0.25) is 5.88 Å².